The van der Waals surface area contributed by atoms with Crippen LogP contribution in [0.5, 0.6) is 5.75 Å². The molecule has 3 rings (SSSR count). The number of hydrogen-bond donors (Lipinski definition) is 0. The van der Waals surface area contributed by atoms with Gasteiger partial charge in [0.25, 0.3) is 0 Å². The summed E-state index contributed by atoms with van der Waals surface area (Å²) in [6.07, 6.45) is 0.463. The van der Waals surface area contributed by atoms with Crippen molar-refractivity contribution in [2.24, 2.45) is 0 Å². The molecule has 0 fully saturated rings. The van der Waals surface area contributed by atoms with Gasteiger partial charge in [-0.3, -0.25) is 14.9 Å². The van der Waals surface area contributed by atoms with Crippen LogP contribution < -0.4 is 4.74 Å². The molecule has 0 bridgehead atoms. The Balaban J connectivity index is 2.53. The lowest BCUT2D eigenvalue weighted by Gasteiger charge is -2.08. The van der Waals surface area contributed by atoms with Gasteiger partial charge in [-0.1, -0.05) is 0 Å². The van der Waals surface area contributed by atoms with Crippen LogP contribution in [0.3, 0.4) is 0 Å². The van der Waals surface area contributed by atoms with Crippen LogP contribution in [-0.2, 0) is 6.54 Å². The standard InChI is InChI=1S/C14H14N2O4/c1-7-6-9-11(13(16(18)19)14(7)20-3)8(2)12-10(17)4-5-15(9)12/h6H,4-5H2,1-3H3. The molecule has 1 aromatic heterocycles. The third kappa shape index (κ3) is 1.41. The molecule has 0 saturated heterocycles. The van der Waals surface area contributed by atoms with Crippen molar-refractivity contribution in [3.63, 3.8) is 0 Å². The molecular formula is C14H14N2O4. The maximum absolute atomic E-state index is 12.0. The number of nitrogens with zero attached hydrogens (tertiary/aromatic N) is 2. The first-order valence-electron chi connectivity index (χ1n) is 6.35. The van der Waals surface area contributed by atoms with Crippen LogP contribution in [0.1, 0.15) is 28.0 Å². The quantitative estimate of drug-likeness (QED) is 0.623. The number of Topliss-reactive ketones (excluding diaryl/α,β-unsaturated/α-hetero) is 1. The topological polar surface area (TPSA) is 74.4 Å². The van der Waals surface area contributed by atoms with Crippen molar-refractivity contribution in [3.8, 4) is 5.75 Å². The number of nitro benzene ring substituents is 1. The number of benzene rings is 1. The van der Waals surface area contributed by atoms with Crippen LogP contribution in [0.4, 0.5) is 5.69 Å². The van der Waals surface area contributed by atoms with E-state index in [1.54, 1.807) is 13.8 Å². The van der Waals surface area contributed by atoms with Gasteiger partial charge >= 0.3 is 5.69 Å². The Hall–Kier alpha value is -2.37. The van der Waals surface area contributed by atoms with Crippen molar-refractivity contribution in [1.82, 2.24) is 4.57 Å². The molecule has 20 heavy (non-hydrogen) atoms. The molecule has 0 amide bonds. The van der Waals surface area contributed by atoms with Crippen LogP contribution in [0.2, 0.25) is 0 Å². The van der Waals surface area contributed by atoms with Crippen molar-refractivity contribution >= 4 is 22.4 Å². The van der Waals surface area contributed by atoms with Crippen LogP contribution in [0, 0.1) is 24.0 Å². The second kappa shape index (κ2) is 4.06. The number of methoxy groups -OCH3 is 1. The van der Waals surface area contributed by atoms with Crippen LogP contribution in [0.15, 0.2) is 6.07 Å². The summed E-state index contributed by atoms with van der Waals surface area (Å²) in [6.45, 7) is 4.12. The number of ether oxygens (including phenoxy) is 1. The number of nitro groups is 1. The molecular weight excluding hydrogens is 260 g/mol. The molecule has 0 unspecified atom stereocenters. The van der Waals surface area contributed by atoms with Gasteiger partial charge in [-0.25, -0.2) is 0 Å². The van der Waals surface area contributed by atoms with E-state index in [2.05, 4.69) is 0 Å². The summed E-state index contributed by atoms with van der Waals surface area (Å²) in [5, 5.41) is 12.0. The molecule has 104 valence electrons. The van der Waals surface area contributed by atoms with Crippen molar-refractivity contribution in [3.05, 3.63) is 33.0 Å². The summed E-state index contributed by atoms with van der Waals surface area (Å²) in [7, 11) is 1.42. The Morgan fingerprint density at radius 3 is 2.70 bits per heavy atom. The molecule has 2 aromatic rings. The number of carbonyl (C=O) groups is 1. The van der Waals surface area contributed by atoms with Crippen molar-refractivity contribution in [2.75, 3.05) is 7.11 Å². The highest BCUT2D eigenvalue weighted by atomic mass is 16.6. The third-order valence-electron chi connectivity index (χ3n) is 3.92. The lowest BCUT2D eigenvalue weighted by molar-refractivity contribution is -0.384. The van der Waals surface area contributed by atoms with Crippen LogP contribution in [0.25, 0.3) is 10.9 Å². The average Bonchev–Trinajstić information content (AvgIpc) is 2.89. The minimum Gasteiger partial charge on any atom is -0.490 e. The zero-order valence-electron chi connectivity index (χ0n) is 11.5. The number of carbonyl (C=O) groups excluding carboxylic acids is 1. The predicted octanol–water partition coefficient (Wildman–Crippen LogP) is 2.76. The van der Waals surface area contributed by atoms with E-state index in [4.69, 9.17) is 4.74 Å². The van der Waals surface area contributed by atoms with Gasteiger partial charge in [0.2, 0.25) is 5.75 Å². The predicted molar refractivity (Wildman–Crippen MR) is 73.6 cm³/mol. The molecule has 0 radical (unpaired) electrons. The smallest absolute Gasteiger partial charge is 0.320 e. The molecule has 0 aliphatic carbocycles. The highest BCUT2D eigenvalue weighted by Gasteiger charge is 2.32. The van der Waals surface area contributed by atoms with Crippen LogP contribution in [-0.4, -0.2) is 22.4 Å². The Labute approximate surface area is 115 Å². The lowest BCUT2D eigenvalue weighted by atomic mass is 10.0. The van der Waals surface area contributed by atoms with E-state index in [0.29, 0.717) is 35.2 Å². The van der Waals surface area contributed by atoms with Crippen molar-refractivity contribution < 1.29 is 14.5 Å². The lowest BCUT2D eigenvalue weighted by Crippen LogP contribution is -1.99. The number of ketones is 1. The molecule has 0 spiro atoms. The van der Waals surface area contributed by atoms with Gasteiger partial charge in [-0.05, 0) is 25.5 Å². The molecule has 0 atom stereocenters. The van der Waals surface area contributed by atoms with Gasteiger partial charge in [-0.15, -0.1) is 0 Å². The fourth-order valence-corrected chi connectivity index (χ4v) is 3.14. The highest BCUT2D eigenvalue weighted by Crippen LogP contribution is 2.43. The van der Waals surface area contributed by atoms with Crippen molar-refractivity contribution in [2.45, 2.75) is 26.8 Å². The van der Waals surface area contributed by atoms with Crippen molar-refractivity contribution in [1.29, 1.82) is 0 Å². The van der Waals surface area contributed by atoms with E-state index in [0.717, 1.165) is 5.52 Å². The normalized spacial score (nSPS) is 13.8. The van der Waals surface area contributed by atoms with E-state index in [9.17, 15) is 14.9 Å². The third-order valence-corrected chi connectivity index (χ3v) is 3.92. The van der Waals surface area contributed by atoms with Gasteiger partial charge < -0.3 is 9.30 Å². The second-order valence-electron chi connectivity index (χ2n) is 5.02. The van der Waals surface area contributed by atoms with E-state index in [1.165, 1.54) is 7.11 Å². The number of aryl methyl sites for hydroxylation is 3. The monoisotopic (exact) mass is 274 g/mol. The van der Waals surface area contributed by atoms with Gasteiger partial charge in [0.1, 0.15) is 0 Å². The zero-order chi connectivity index (χ0) is 14.6. The molecule has 1 aliphatic heterocycles. The Morgan fingerprint density at radius 2 is 2.10 bits per heavy atom. The number of fused-ring (bicyclic) bond motifs is 3. The van der Waals surface area contributed by atoms with Crippen LogP contribution >= 0.6 is 0 Å². The van der Waals surface area contributed by atoms with E-state index in [1.807, 2.05) is 10.6 Å². The Bertz CT molecular complexity index is 774. The molecule has 0 saturated carbocycles. The highest BCUT2D eigenvalue weighted by molar-refractivity contribution is 6.08. The van der Waals surface area contributed by atoms with E-state index >= 15 is 0 Å². The zero-order valence-corrected chi connectivity index (χ0v) is 11.5. The van der Waals surface area contributed by atoms with Gasteiger partial charge in [0, 0.05) is 18.5 Å². The number of rotatable bonds is 2. The Morgan fingerprint density at radius 1 is 1.40 bits per heavy atom. The number of hydrogen-bond acceptors (Lipinski definition) is 4. The maximum atomic E-state index is 12.0. The largest absolute Gasteiger partial charge is 0.490 e. The molecule has 1 aromatic carbocycles. The summed E-state index contributed by atoms with van der Waals surface area (Å²) in [6, 6.07) is 1.86. The van der Waals surface area contributed by atoms with E-state index in [-0.39, 0.29) is 17.2 Å². The molecule has 2 heterocycles. The molecule has 6 nitrogen and oxygen atoms in total. The maximum Gasteiger partial charge on any atom is 0.320 e. The fraction of sp³-hybridized carbons (Fsp3) is 0.357. The first-order valence-corrected chi connectivity index (χ1v) is 6.35. The minimum atomic E-state index is -0.429. The first-order chi connectivity index (χ1) is 9.47. The Kier molecular flexibility index (Phi) is 2.57. The summed E-state index contributed by atoms with van der Waals surface area (Å²) in [5.74, 6) is 0.312. The summed E-state index contributed by atoms with van der Waals surface area (Å²) in [4.78, 5) is 23.0. The molecule has 0 N–H and O–H groups in total. The summed E-state index contributed by atoms with van der Waals surface area (Å²) in [5.41, 5.74) is 2.66. The first kappa shape index (κ1) is 12.7. The van der Waals surface area contributed by atoms with Gasteiger partial charge in [-0.2, -0.15) is 0 Å². The summed E-state index contributed by atoms with van der Waals surface area (Å²) < 4.78 is 7.07. The van der Waals surface area contributed by atoms with Gasteiger partial charge in [0.15, 0.2) is 5.78 Å². The van der Waals surface area contributed by atoms with Gasteiger partial charge in [0.05, 0.1) is 28.6 Å². The number of aromatic nitrogens is 1. The van der Waals surface area contributed by atoms with E-state index < -0.39 is 4.92 Å². The molecule has 1 aliphatic rings. The SMILES string of the molecule is COc1c(C)cc2c(c(C)c3n2CCC3=O)c1[N+](=O)[O-]. The fourth-order valence-electron chi connectivity index (χ4n) is 3.14. The summed E-state index contributed by atoms with van der Waals surface area (Å²) >= 11 is 0. The second-order valence-corrected chi connectivity index (χ2v) is 5.02. The average molecular weight is 274 g/mol. The minimum absolute atomic E-state index is 0.0459. The molecule has 6 heteroatoms.